The van der Waals surface area contributed by atoms with Crippen LogP contribution in [-0.2, 0) is 0 Å². The van der Waals surface area contributed by atoms with Crippen molar-refractivity contribution >= 4 is 11.6 Å². The zero-order valence-electron chi connectivity index (χ0n) is 12.2. The number of benzene rings is 2. The lowest BCUT2D eigenvalue weighted by Gasteiger charge is -2.11. The lowest BCUT2D eigenvalue weighted by Crippen LogP contribution is -2.13. The minimum Gasteiger partial charge on any atom is -0.490 e. The normalized spacial score (nSPS) is 13.4. The highest BCUT2D eigenvalue weighted by Crippen LogP contribution is 2.30. The SMILES string of the molecule is Cc1ccc(F)cc1NC(=O)c1ccc2c(c1)OCCCO2. The van der Waals surface area contributed by atoms with Crippen molar-refractivity contribution < 1.29 is 18.7 Å². The molecule has 0 aromatic heterocycles. The van der Waals surface area contributed by atoms with Gasteiger partial charge in [0.25, 0.3) is 5.91 Å². The zero-order chi connectivity index (χ0) is 15.5. The van der Waals surface area contributed by atoms with E-state index in [0.29, 0.717) is 36.0 Å². The summed E-state index contributed by atoms with van der Waals surface area (Å²) in [5, 5.41) is 2.71. The lowest BCUT2D eigenvalue weighted by atomic mass is 10.1. The average molecular weight is 301 g/mol. The topological polar surface area (TPSA) is 47.6 Å². The van der Waals surface area contributed by atoms with Crippen LogP contribution in [0.4, 0.5) is 10.1 Å². The van der Waals surface area contributed by atoms with Gasteiger partial charge in [-0.3, -0.25) is 4.79 Å². The monoisotopic (exact) mass is 301 g/mol. The maximum absolute atomic E-state index is 13.3. The summed E-state index contributed by atoms with van der Waals surface area (Å²) in [6.45, 7) is 2.96. The van der Waals surface area contributed by atoms with E-state index < -0.39 is 0 Å². The molecule has 5 heteroatoms. The Morgan fingerprint density at radius 2 is 1.86 bits per heavy atom. The first-order valence-corrected chi connectivity index (χ1v) is 7.10. The summed E-state index contributed by atoms with van der Waals surface area (Å²) in [5.41, 5.74) is 1.69. The van der Waals surface area contributed by atoms with Crippen LogP contribution in [-0.4, -0.2) is 19.1 Å². The number of carbonyl (C=O) groups is 1. The third-order valence-electron chi connectivity index (χ3n) is 3.46. The fourth-order valence-electron chi connectivity index (χ4n) is 2.23. The molecule has 0 radical (unpaired) electrons. The molecular weight excluding hydrogens is 285 g/mol. The summed E-state index contributed by atoms with van der Waals surface area (Å²) >= 11 is 0. The fraction of sp³-hybridized carbons (Fsp3) is 0.235. The van der Waals surface area contributed by atoms with Gasteiger partial charge in [-0.25, -0.2) is 4.39 Å². The van der Waals surface area contributed by atoms with Crippen molar-refractivity contribution in [1.29, 1.82) is 0 Å². The Hall–Kier alpha value is -2.56. The van der Waals surface area contributed by atoms with Crippen molar-refractivity contribution in [2.75, 3.05) is 18.5 Å². The Bertz CT molecular complexity index is 715. The minimum absolute atomic E-state index is 0.315. The van der Waals surface area contributed by atoms with Gasteiger partial charge in [0.2, 0.25) is 0 Å². The molecule has 0 unspecified atom stereocenters. The Balaban J connectivity index is 1.83. The Labute approximate surface area is 127 Å². The molecule has 0 fully saturated rings. The smallest absolute Gasteiger partial charge is 0.255 e. The maximum atomic E-state index is 13.3. The molecule has 1 N–H and O–H groups in total. The number of amides is 1. The number of halogens is 1. The van der Waals surface area contributed by atoms with Gasteiger partial charge in [0, 0.05) is 17.7 Å². The van der Waals surface area contributed by atoms with E-state index in [-0.39, 0.29) is 11.7 Å². The highest BCUT2D eigenvalue weighted by molar-refractivity contribution is 6.05. The molecule has 4 nitrogen and oxygen atoms in total. The molecule has 1 aliphatic rings. The first-order chi connectivity index (χ1) is 10.6. The number of aryl methyl sites for hydroxylation is 1. The molecule has 2 aromatic rings. The molecule has 1 heterocycles. The summed E-state index contributed by atoms with van der Waals surface area (Å²) in [4.78, 5) is 12.3. The van der Waals surface area contributed by atoms with Gasteiger partial charge in [-0.2, -0.15) is 0 Å². The molecule has 1 amide bonds. The molecule has 0 saturated carbocycles. The van der Waals surface area contributed by atoms with Crippen LogP contribution in [0.1, 0.15) is 22.3 Å². The Morgan fingerprint density at radius 3 is 2.68 bits per heavy atom. The summed E-state index contributed by atoms with van der Waals surface area (Å²) in [7, 11) is 0. The van der Waals surface area contributed by atoms with Crippen LogP contribution in [0, 0.1) is 12.7 Å². The van der Waals surface area contributed by atoms with Crippen molar-refractivity contribution in [2.24, 2.45) is 0 Å². The molecule has 0 spiro atoms. The number of rotatable bonds is 2. The van der Waals surface area contributed by atoms with Gasteiger partial charge >= 0.3 is 0 Å². The van der Waals surface area contributed by atoms with E-state index in [9.17, 15) is 9.18 Å². The van der Waals surface area contributed by atoms with Crippen molar-refractivity contribution in [3.63, 3.8) is 0 Å². The van der Waals surface area contributed by atoms with Crippen molar-refractivity contribution in [1.82, 2.24) is 0 Å². The van der Waals surface area contributed by atoms with E-state index in [2.05, 4.69) is 5.32 Å². The van der Waals surface area contributed by atoms with Crippen LogP contribution in [0.2, 0.25) is 0 Å². The molecule has 2 aromatic carbocycles. The van der Waals surface area contributed by atoms with Crippen LogP contribution in [0.25, 0.3) is 0 Å². The van der Waals surface area contributed by atoms with Gasteiger partial charge in [0.05, 0.1) is 13.2 Å². The second kappa shape index (κ2) is 6.05. The Morgan fingerprint density at radius 1 is 1.09 bits per heavy atom. The van der Waals surface area contributed by atoms with E-state index in [1.807, 2.05) is 6.92 Å². The molecule has 3 rings (SSSR count). The van der Waals surface area contributed by atoms with Crippen molar-refractivity contribution in [2.45, 2.75) is 13.3 Å². The van der Waals surface area contributed by atoms with Crippen LogP contribution < -0.4 is 14.8 Å². The average Bonchev–Trinajstić information content (AvgIpc) is 2.75. The zero-order valence-corrected chi connectivity index (χ0v) is 12.2. The number of hydrogen-bond acceptors (Lipinski definition) is 3. The van der Waals surface area contributed by atoms with Gasteiger partial charge in [0.15, 0.2) is 11.5 Å². The molecule has 0 bridgehead atoms. The van der Waals surface area contributed by atoms with Gasteiger partial charge in [-0.1, -0.05) is 6.07 Å². The molecule has 22 heavy (non-hydrogen) atoms. The standard InChI is InChI=1S/C17H16FNO3/c1-11-3-5-13(18)10-14(11)19-17(20)12-4-6-15-16(9-12)22-8-2-7-21-15/h3-6,9-10H,2,7-8H2,1H3,(H,19,20). The van der Waals surface area contributed by atoms with E-state index >= 15 is 0 Å². The minimum atomic E-state index is -0.389. The number of carbonyl (C=O) groups excluding carboxylic acids is 1. The second-order valence-electron chi connectivity index (χ2n) is 5.13. The maximum Gasteiger partial charge on any atom is 0.255 e. The van der Waals surface area contributed by atoms with E-state index in [0.717, 1.165) is 12.0 Å². The van der Waals surface area contributed by atoms with Crippen molar-refractivity contribution in [3.8, 4) is 11.5 Å². The highest BCUT2D eigenvalue weighted by Gasteiger charge is 2.15. The van der Waals surface area contributed by atoms with Crippen LogP contribution >= 0.6 is 0 Å². The third kappa shape index (κ3) is 3.03. The number of hydrogen-bond donors (Lipinski definition) is 1. The molecule has 1 aliphatic heterocycles. The van der Waals surface area contributed by atoms with E-state index in [4.69, 9.17) is 9.47 Å². The van der Waals surface area contributed by atoms with Gasteiger partial charge < -0.3 is 14.8 Å². The van der Waals surface area contributed by atoms with E-state index in [1.54, 1.807) is 24.3 Å². The summed E-state index contributed by atoms with van der Waals surface area (Å²) in [6, 6.07) is 9.31. The molecule has 114 valence electrons. The van der Waals surface area contributed by atoms with Gasteiger partial charge in [-0.15, -0.1) is 0 Å². The Kier molecular flexibility index (Phi) is 3.96. The molecular formula is C17H16FNO3. The first kappa shape index (κ1) is 14.4. The number of ether oxygens (including phenoxy) is 2. The predicted octanol–water partition coefficient (Wildman–Crippen LogP) is 3.55. The van der Waals surface area contributed by atoms with Gasteiger partial charge in [0.1, 0.15) is 5.82 Å². The van der Waals surface area contributed by atoms with Crippen LogP contribution in [0.15, 0.2) is 36.4 Å². The van der Waals surface area contributed by atoms with Crippen LogP contribution in [0.5, 0.6) is 11.5 Å². The number of nitrogens with one attached hydrogen (secondary N) is 1. The summed E-state index contributed by atoms with van der Waals surface area (Å²) in [6.07, 6.45) is 0.804. The number of fused-ring (bicyclic) bond motifs is 1. The fourth-order valence-corrected chi connectivity index (χ4v) is 2.23. The first-order valence-electron chi connectivity index (χ1n) is 7.10. The quantitative estimate of drug-likeness (QED) is 0.923. The number of anilines is 1. The second-order valence-corrected chi connectivity index (χ2v) is 5.13. The largest absolute Gasteiger partial charge is 0.490 e. The molecule has 0 saturated heterocycles. The third-order valence-corrected chi connectivity index (χ3v) is 3.46. The summed E-state index contributed by atoms with van der Waals surface area (Å²) < 4.78 is 24.4. The molecule has 0 atom stereocenters. The predicted molar refractivity (Wildman–Crippen MR) is 81.1 cm³/mol. The highest BCUT2D eigenvalue weighted by atomic mass is 19.1. The van der Waals surface area contributed by atoms with E-state index in [1.165, 1.54) is 12.1 Å². The van der Waals surface area contributed by atoms with Gasteiger partial charge in [-0.05, 0) is 42.8 Å². The lowest BCUT2D eigenvalue weighted by molar-refractivity contribution is 0.102. The summed E-state index contributed by atoms with van der Waals surface area (Å²) in [5.74, 6) is 0.487. The molecule has 0 aliphatic carbocycles. The van der Waals surface area contributed by atoms with Crippen molar-refractivity contribution in [3.05, 3.63) is 53.3 Å². The van der Waals surface area contributed by atoms with Crippen LogP contribution in [0.3, 0.4) is 0 Å².